The molecule has 3 atom stereocenters. The number of hydrogen-bond acceptors (Lipinski definition) is 5. The van der Waals surface area contributed by atoms with Gasteiger partial charge in [-0.1, -0.05) is 0 Å². The van der Waals surface area contributed by atoms with Gasteiger partial charge in [-0.3, -0.25) is 4.90 Å². The highest BCUT2D eigenvalue weighted by Crippen LogP contribution is 2.41. The van der Waals surface area contributed by atoms with Gasteiger partial charge < -0.3 is 19.7 Å². The maximum absolute atomic E-state index is 12.2. The molecule has 25 heavy (non-hydrogen) atoms. The Hall–Kier alpha value is -1.50. The second kappa shape index (κ2) is 6.34. The summed E-state index contributed by atoms with van der Waals surface area (Å²) in [7, 11) is 0. The van der Waals surface area contributed by atoms with Crippen LogP contribution in [0.25, 0.3) is 0 Å². The molecule has 0 aromatic heterocycles. The molecule has 0 aromatic carbocycles. The number of hydrogen-bond donors (Lipinski definition) is 1. The van der Waals surface area contributed by atoms with Crippen molar-refractivity contribution in [1.29, 1.82) is 0 Å². The minimum absolute atomic E-state index is 0.0870. The Morgan fingerprint density at radius 3 is 2.40 bits per heavy atom. The lowest BCUT2D eigenvalue weighted by molar-refractivity contribution is -0.0368. The predicted molar refractivity (Wildman–Crippen MR) is 91.3 cm³/mol. The van der Waals surface area contributed by atoms with Gasteiger partial charge in [-0.2, -0.15) is 0 Å². The number of ether oxygens (including phenoxy) is 2. The quantitative estimate of drug-likeness (QED) is 0.825. The van der Waals surface area contributed by atoms with E-state index in [0.717, 1.165) is 51.6 Å². The van der Waals surface area contributed by atoms with E-state index in [2.05, 4.69) is 10.2 Å². The standard InChI is InChI=1S/C18H29N3O4/c1-3-24-17(23)21-13-4-5-14(21)11-15(10-13)20-8-6-18(7-9-20)12(2)19-16(22)25-18/h12-15H,3-11H2,1-2H3,(H,19,22). The molecule has 4 heterocycles. The second-order valence-corrected chi connectivity index (χ2v) is 7.97. The van der Waals surface area contributed by atoms with Gasteiger partial charge in [-0.05, 0) is 39.5 Å². The molecular weight excluding hydrogens is 322 g/mol. The van der Waals surface area contributed by atoms with Gasteiger partial charge in [0.15, 0.2) is 0 Å². The van der Waals surface area contributed by atoms with Crippen LogP contribution in [0, 0.1) is 0 Å². The monoisotopic (exact) mass is 351 g/mol. The maximum atomic E-state index is 12.2. The number of carbonyl (C=O) groups is 2. The van der Waals surface area contributed by atoms with Gasteiger partial charge in [0.2, 0.25) is 0 Å². The molecule has 0 radical (unpaired) electrons. The molecule has 1 spiro atoms. The molecule has 7 nitrogen and oxygen atoms in total. The largest absolute Gasteiger partial charge is 0.450 e. The van der Waals surface area contributed by atoms with E-state index in [4.69, 9.17) is 9.47 Å². The Morgan fingerprint density at radius 2 is 1.88 bits per heavy atom. The van der Waals surface area contributed by atoms with Crippen LogP contribution in [0.3, 0.4) is 0 Å². The third kappa shape index (κ3) is 2.86. The summed E-state index contributed by atoms with van der Waals surface area (Å²) in [6.45, 7) is 6.27. The number of amides is 2. The van der Waals surface area contributed by atoms with Crippen LogP contribution in [-0.4, -0.2) is 71.5 Å². The number of nitrogens with one attached hydrogen (secondary N) is 1. The molecule has 2 amide bonds. The molecule has 4 rings (SSSR count). The predicted octanol–water partition coefficient (Wildman–Crippen LogP) is 2.10. The topological polar surface area (TPSA) is 71.1 Å². The summed E-state index contributed by atoms with van der Waals surface area (Å²) < 4.78 is 10.9. The van der Waals surface area contributed by atoms with Crippen molar-refractivity contribution in [3.05, 3.63) is 0 Å². The molecule has 1 N–H and O–H groups in total. The third-order valence-electron chi connectivity index (χ3n) is 6.77. The lowest BCUT2D eigenvalue weighted by Crippen LogP contribution is -2.57. The molecule has 4 aliphatic rings. The van der Waals surface area contributed by atoms with Crippen molar-refractivity contribution >= 4 is 12.2 Å². The fourth-order valence-corrected chi connectivity index (χ4v) is 5.36. The lowest BCUT2D eigenvalue weighted by atomic mass is 9.84. The summed E-state index contributed by atoms with van der Waals surface area (Å²) in [6.07, 6.45) is 5.63. The summed E-state index contributed by atoms with van der Waals surface area (Å²) in [5.74, 6) is 0. The van der Waals surface area contributed by atoms with E-state index in [1.54, 1.807) is 0 Å². The highest BCUT2D eigenvalue weighted by Gasteiger charge is 2.51. The van der Waals surface area contributed by atoms with Crippen molar-refractivity contribution in [1.82, 2.24) is 15.1 Å². The zero-order valence-electron chi connectivity index (χ0n) is 15.2. The van der Waals surface area contributed by atoms with E-state index < -0.39 is 0 Å². The summed E-state index contributed by atoms with van der Waals surface area (Å²) >= 11 is 0. The first-order valence-electron chi connectivity index (χ1n) is 9.71. The van der Waals surface area contributed by atoms with E-state index in [1.807, 2.05) is 18.7 Å². The second-order valence-electron chi connectivity index (χ2n) is 7.97. The van der Waals surface area contributed by atoms with Gasteiger partial charge in [0.1, 0.15) is 5.60 Å². The highest BCUT2D eigenvalue weighted by atomic mass is 16.6. The van der Waals surface area contributed by atoms with Crippen LogP contribution in [0.4, 0.5) is 9.59 Å². The number of fused-ring (bicyclic) bond motifs is 2. The fraction of sp³-hybridized carbons (Fsp3) is 0.889. The SMILES string of the molecule is CCOC(=O)N1C2CCC1CC(N1CCC3(CC1)OC(=O)NC3C)C2. The van der Waals surface area contributed by atoms with Crippen molar-refractivity contribution in [3.63, 3.8) is 0 Å². The lowest BCUT2D eigenvalue weighted by Gasteiger charge is -2.47. The number of piperidine rings is 2. The van der Waals surface area contributed by atoms with Gasteiger partial charge in [-0.15, -0.1) is 0 Å². The van der Waals surface area contributed by atoms with Crippen LogP contribution in [0.15, 0.2) is 0 Å². The molecule has 0 aliphatic carbocycles. The fourth-order valence-electron chi connectivity index (χ4n) is 5.36. The smallest absolute Gasteiger partial charge is 0.410 e. The number of carbonyl (C=O) groups excluding carboxylic acids is 2. The molecular formula is C18H29N3O4. The van der Waals surface area contributed by atoms with Crippen molar-refractivity contribution in [2.75, 3.05) is 19.7 Å². The molecule has 0 saturated carbocycles. The molecule has 140 valence electrons. The molecule has 4 saturated heterocycles. The number of nitrogens with zero attached hydrogens (tertiary/aromatic N) is 2. The molecule has 0 aromatic rings. The van der Waals surface area contributed by atoms with Gasteiger partial charge in [0.05, 0.1) is 12.6 Å². The minimum atomic E-state index is -0.321. The minimum Gasteiger partial charge on any atom is -0.450 e. The van der Waals surface area contributed by atoms with Crippen molar-refractivity contribution in [2.45, 2.75) is 82.1 Å². The number of alkyl carbamates (subject to hydrolysis) is 1. The molecule has 2 bridgehead atoms. The molecule has 4 aliphatic heterocycles. The Balaban J connectivity index is 1.36. The van der Waals surface area contributed by atoms with E-state index in [0.29, 0.717) is 24.7 Å². The zero-order chi connectivity index (χ0) is 17.6. The summed E-state index contributed by atoms with van der Waals surface area (Å²) in [5.41, 5.74) is -0.321. The van der Waals surface area contributed by atoms with Crippen LogP contribution >= 0.6 is 0 Å². The first-order chi connectivity index (χ1) is 12.0. The Bertz CT molecular complexity index is 532. The van der Waals surface area contributed by atoms with Crippen LogP contribution in [-0.2, 0) is 9.47 Å². The summed E-state index contributed by atoms with van der Waals surface area (Å²) in [4.78, 5) is 28.3. The van der Waals surface area contributed by atoms with Crippen molar-refractivity contribution < 1.29 is 19.1 Å². The molecule has 3 unspecified atom stereocenters. The first kappa shape index (κ1) is 16.9. The van der Waals surface area contributed by atoms with Crippen molar-refractivity contribution in [2.24, 2.45) is 0 Å². The van der Waals surface area contributed by atoms with Gasteiger partial charge in [0.25, 0.3) is 0 Å². The van der Waals surface area contributed by atoms with Crippen LogP contribution in [0.1, 0.15) is 52.4 Å². The van der Waals surface area contributed by atoms with E-state index >= 15 is 0 Å². The average Bonchev–Trinajstić information content (AvgIpc) is 3.01. The Kier molecular flexibility index (Phi) is 4.30. The van der Waals surface area contributed by atoms with Crippen LogP contribution in [0.2, 0.25) is 0 Å². The van der Waals surface area contributed by atoms with Crippen molar-refractivity contribution in [3.8, 4) is 0 Å². The van der Waals surface area contributed by atoms with Gasteiger partial charge in [0, 0.05) is 44.1 Å². The molecule has 4 fully saturated rings. The van der Waals surface area contributed by atoms with E-state index in [1.165, 1.54) is 0 Å². The number of rotatable bonds is 2. The van der Waals surface area contributed by atoms with Gasteiger partial charge >= 0.3 is 12.2 Å². The van der Waals surface area contributed by atoms with Crippen LogP contribution < -0.4 is 5.32 Å². The maximum Gasteiger partial charge on any atom is 0.410 e. The Labute approximate surface area is 149 Å². The highest BCUT2D eigenvalue weighted by molar-refractivity contribution is 5.71. The first-order valence-corrected chi connectivity index (χ1v) is 9.71. The number of likely N-dealkylation sites (tertiary alicyclic amines) is 1. The van der Waals surface area contributed by atoms with E-state index in [-0.39, 0.29) is 23.8 Å². The third-order valence-corrected chi connectivity index (χ3v) is 6.77. The Morgan fingerprint density at radius 1 is 1.24 bits per heavy atom. The van der Waals surface area contributed by atoms with Gasteiger partial charge in [-0.25, -0.2) is 9.59 Å². The van der Waals surface area contributed by atoms with E-state index in [9.17, 15) is 9.59 Å². The normalized spacial score (nSPS) is 37.0. The zero-order valence-corrected chi connectivity index (χ0v) is 15.2. The summed E-state index contributed by atoms with van der Waals surface area (Å²) in [6, 6.07) is 1.26. The summed E-state index contributed by atoms with van der Waals surface area (Å²) in [5, 5.41) is 2.89. The van der Waals surface area contributed by atoms with Crippen LogP contribution in [0.5, 0.6) is 0 Å². The average molecular weight is 351 g/mol. The molecule has 7 heteroatoms.